The number of nitrogens with zero attached hydrogens (tertiary/aromatic N) is 2. The highest BCUT2D eigenvalue weighted by molar-refractivity contribution is 5.45. The van der Waals surface area contributed by atoms with Crippen molar-refractivity contribution in [3.8, 4) is 0 Å². The summed E-state index contributed by atoms with van der Waals surface area (Å²) < 4.78 is 5.02. The first-order valence-corrected chi connectivity index (χ1v) is 7.25. The molecule has 1 aromatic heterocycles. The molecule has 0 aliphatic rings. The summed E-state index contributed by atoms with van der Waals surface area (Å²) in [7, 11) is 3.78. The van der Waals surface area contributed by atoms with Gasteiger partial charge in [0.1, 0.15) is 5.82 Å². The molecule has 2 N–H and O–H groups in total. The van der Waals surface area contributed by atoms with E-state index < -0.39 is 0 Å². The molecular weight excluding hydrogens is 254 g/mol. The number of nitrogens with one attached hydrogen (secondary N) is 1. The van der Waals surface area contributed by atoms with Gasteiger partial charge in [0.15, 0.2) is 0 Å². The highest BCUT2D eigenvalue weighted by atomic mass is 16.5. The molecular formula is C15H27N3O2. The van der Waals surface area contributed by atoms with E-state index in [0.29, 0.717) is 6.61 Å². The molecule has 0 aliphatic heterocycles. The molecule has 5 nitrogen and oxygen atoms in total. The number of anilines is 1. The van der Waals surface area contributed by atoms with E-state index in [4.69, 9.17) is 9.84 Å². The van der Waals surface area contributed by atoms with Crippen LogP contribution in [0.3, 0.4) is 0 Å². The van der Waals surface area contributed by atoms with Crippen LogP contribution < -0.4 is 10.2 Å². The minimum absolute atomic E-state index is 0.280. The van der Waals surface area contributed by atoms with Gasteiger partial charge in [-0.2, -0.15) is 0 Å². The molecule has 0 spiro atoms. The standard InChI is InChI=1S/C15H27N3O2/c1-18(10-4-3-5-11-19)15-14(7-6-8-17-15)13-16-9-12-20-2/h6-8,16,19H,3-5,9-13H2,1-2H3. The van der Waals surface area contributed by atoms with E-state index in [0.717, 1.165) is 44.7 Å². The van der Waals surface area contributed by atoms with Crippen LogP contribution in [0.1, 0.15) is 24.8 Å². The zero-order valence-electron chi connectivity index (χ0n) is 12.6. The SMILES string of the molecule is COCCNCc1cccnc1N(C)CCCCCO. The molecule has 1 rings (SSSR count). The third-order valence-corrected chi connectivity index (χ3v) is 3.18. The maximum absolute atomic E-state index is 8.79. The first-order valence-electron chi connectivity index (χ1n) is 7.25. The summed E-state index contributed by atoms with van der Waals surface area (Å²) in [4.78, 5) is 6.67. The lowest BCUT2D eigenvalue weighted by atomic mass is 10.2. The number of ether oxygens (including phenoxy) is 1. The van der Waals surface area contributed by atoms with Crippen molar-refractivity contribution in [3.05, 3.63) is 23.9 Å². The Hall–Kier alpha value is -1.17. The molecule has 114 valence electrons. The number of pyridine rings is 1. The predicted molar refractivity (Wildman–Crippen MR) is 82.0 cm³/mol. The molecule has 0 bridgehead atoms. The normalized spacial score (nSPS) is 10.8. The second-order valence-electron chi connectivity index (χ2n) is 4.86. The molecule has 5 heteroatoms. The fourth-order valence-corrected chi connectivity index (χ4v) is 2.05. The van der Waals surface area contributed by atoms with Gasteiger partial charge in [0, 0.05) is 52.2 Å². The fourth-order valence-electron chi connectivity index (χ4n) is 2.05. The summed E-state index contributed by atoms with van der Waals surface area (Å²) in [6.07, 6.45) is 4.83. The van der Waals surface area contributed by atoms with E-state index in [1.807, 2.05) is 12.3 Å². The van der Waals surface area contributed by atoms with E-state index in [1.165, 1.54) is 5.56 Å². The van der Waals surface area contributed by atoms with Crippen LogP contribution in [-0.4, -0.2) is 50.6 Å². The van der Waals surface area contributed by atoms with Crippen molar-refractivity contribution >= 4 is 5.82 Å². The van der Waals surface area contributed by atoms with Crippen molar-refractivity contribution in [2.24, 2.45) is 0 Å². The van der Waals surface area contributed by atoms with Crippen molar-refractivity contribution in [2.75, 3.05) is 45.4 Å². The quantitative estimate of drug-likeness (QED) is 0.601. The van der Waals surface area contributed by atoms with Crippen LogP contribution in [0.2, 0.25) is 0 Å². The third kappa shape index (κ3) is 6.32. The van der Waals surface area contributed by atoms with Crippen molar-refractivity contribution in [3.63, 3.8) is 0 Å². The van der Waals surface area contributed by atoms with Gasteiger partial charge in [-0.15, -0.1) is 0 Å². The zero-order chi connectivity index (χ0) is 14.6. The Morgan fingerprint density at radius 3 is 2.95 bits per heavy atom. The average Bonchev–Trinajstić information content (AvgIpc) is 2.48. The number of aliphatic hydroxyl groups is 1. The topological polar surface area (TPSA) is 57.6 Å². The first-order chi connectivity index (χ1) is 9.79. The number of hydrogen-bond acceptors (Lipinski definition) is 5. The molecule has 0 fully saturated rings. The van der Waals surface area contributed by atoms with Crippen LogP contribution in [-0.2, 0) is 11.3 Å². The smallest absolute Gasteiger partial charge is 0.132 e. The lowest BCUT2D eigenvalue weighted by Gasteiger charge is -2.21. The Balaban J connectivity index is 2.46. The molecule has 0 atom stereocenters. The second-order valence-corrected chi connectivity index (χ2v) is 4.86. The molecule has 20 heavy (non-hydrogen) atoms. The Kier molecular flexibility index (Phi) is 8.95. The van der Waals surface area contributed by atoms with Crippen LogP contribution in [0.15, 0.2) is 18.3 Å². The molecule has 0 aliphatic carbocycles. The first kappa shape index (κ1) is 16.9. The highest BCUT2D eigenvalue weighted by Gasteiger charge is 2.07. The van der Waals surface area contributed by atoms with Crippen molar-refractivity contribution in [1.29, 1.82) is 0 Å². The summed E-state index contributed by atoms with van der Waals surface area (Å²) in [6, 6.07) is 4.07. The number of aromatic nitrogens is 1. The lowest BCUT2D eigenvalue weighted by Crippen LogP contribution is -2.24. The van der Waals surface area contributed by atoms with Gasteiger partial charge < -0.3 is 20.1 Å². The average molecular weight is 281 g/mol. The van der Waals surface area contributed by atoms with Gasteiger partial charge in [-0.05, 0) is 25.3 Å². The molecule has 0 saturated heterocycles. The largest absolute Gasteiger partial charge is 0.396 e. The summed E-state index contributed by atoms with van der Waals surface area (Å²) in [5.74, 6) is 1.03. The van der Waals surface area contributed by atoms with Gasteiger partial charge in [-0.25, -0.2) is 4.98 Å². The van der Waals surface area contributed by atoms with Gasteiger partial charge in [0.2, 0.25) is 0 Å². The van der Waals surface area contributed by atoms with E-state index in [2.05, 4.69) is 28.3 Å². The Morgan fingerprint density at radius 1 is 1.35 bits per heavy atom. The van der Waals surface area contributed by atoms with Crippen LogP contribution in [0.25, 0.3) is 0 Å². The van der Waals surface area contributed by atoms with E-state index in [9.17, 15) is 0 Å². The van der Waals surface area contributed by atoms with Crippen molar-refractivity contribution in [2.45, 2.75) is 25.8 Å². The van der Waals surface area contributed by atoms with Crippen LogP contribution in [0.5, 0.6) is 0 Å². The number of rotatable bonds is 11. The Labute approximate surface area is 122 Å². The minimum atomic E-state index is 0.280. The summed E-state index contributed by atoms with van der Waals surface area (Å²) in [6.45, 7) is 3.59. The fraction of sp³-hybridized carbons (Fsp3) is 0.667. The van der Waals surface area contributed by atoms with Gasteiger partial charge in [0.05, 0.1) is 6.61 Å². The monoisotopic (exact) mass is 281 g/mol. The van der Waals surface area contributed by atoms with Crippen molar-refractivity contribution in [1.82, 2.24) is 10.3 Å². The molecule has 0 radical (unpaired) electrons. The Morgan fingerprint density at radius 2 is 2.20 bits per heavy atom. The third-order valence-electron chi connectivity index (χ3n) is 3.18. The molecule has 0 amide bonds. The lowest BCUT2D eigenvalue weighted by molar-refractivity contribution is 0.199. The van der Waals surface area contributed by atoms with Crippen LogP contribution in [0.4, 0.5) is 5.82 Å². The van der Waals surface area contributed by atoms with E-state index in [1.54, 1.807) is 7.11 Å². The molecule has 0 saturated carbocycles. The maximum atomic E-state index is 8.79. The minimum Gasteiger partial charge on any atom is -0.396 e. The summed E-state index contributed by atoms with van der Waals surface area (Å²) in [5.41, 5.74) is 1.20. The summed E-state index contributed by atoms with van der Waals surface area (Å²) >= 11 is 0. The number of aliphatic hydroxyl groups excluding tert-OH is 1. The van der Waals surface area contributed by atoms with E-state index in [-0.39, 0.29) is 6.61 Å². The predicted octanol–water partition coefficient (Wildman–Crippen LogP) is 1.42. The highest BCUT2D eigenvalue weighted by Crippen LogP contribution is 2.16. The van der Waals surface area contributed by atoms with Crippen molar-refractivity contribution < 1.29 is 9.84 Å². The van der Waals surface area contributed by atoms with Gasteiger partial charge >= 0.3 is 0 Å². The van der Waals surface area contributed by atoms with Gasteiger partial charge in [0.25, 0.3) is 0 Å². The second kappa shape index (κ2) is 10.6. The van der Waals surface area contributed by atoms with Crippen LogP contribution in [0, 0.1) is 0 Å². The number of unbranched alkanes of at least 4 members (excludes halogenated alkanes) is 2. The van der Waals surface area contributed by atoms with E-state index >= 15 is 0 Å². The van der Waals surface area contributed by atoms with Gasteiger partial charge in [-0.1, -0.05) is 6.07 Å². The summed E-state index contributed by atoms with van der Waals surface area (Å²) in [5, 5.41) is 12.1. The molecule has 1 heterocycles. The zero-order valence-corrected chi connectivity index (χ0v) is 12.6. The Bertz CT molecular complexity index is 361. The van der Waals surface area contributed by atoms with Crippen LogP contribution >= 0.6 is 0 Å². The number of methoxy groups -OCH3 is 1. The molecule has 0 unspecified atom stereocenters. The van der Waals surface area contributed by atoms with Gasteiger partial charge in [-0.3, -0.25) is 0 Å². The molecule has 0 aromatic carbocycles. The molecule has 1 aromatic rings. The number of hydrogen-bond donors (Lipinski definition) is 2. The maximum Gasteiger partial charge on any atom is 0.132 e.